The highest BCUT2D eigenvalue weighted by Gasteiger charge is 2.04. The molecule has 5 nitrogen and oxygen atoms in total. The summed E-state index contributed by atoms with van der Waals surface area (Å²) in [6.45, 7) is 7.51. The van der Waals surface area contributed by atoms with E-state index in [0.29, 0.717) is 19.7 Å². The topological polar surface area (TPSA) is 59.6 Å². The van der Waals surface area contributed by atoms with Gasteiger partial charge < -0.3 is 20.1 Å². The van der Waals surface area contributed by atoms with Crippen LogP contribution in [0.15, 0.2) is 36.4 Å². The number of amides is 2. The Morgan fingerprint density at radius 1 is 0.960 bits per heavy atom. The lowest BCUT2D eigenvalue weighted by molar-refractivity contribution is 0.236. The van der Waals surface area contributed by atoms with Gasteiger partial charge in [0.25, 0.3) is 0 Å². The normalized spacial score (nSPS) is 10.2. The molecule has 0 atom stereocenters. The van der Waals surface area contributed by atoms with E-state index in [4.69, 9.17) is 9.47 Å². The maximum atomic E-state index is 11.8. The van der Waals surface area contributed by atoms with Crippen LogP contribution in [0, 0.1) is 20.8 Å². The molecule has 0 aliphatic rings. The molecule has 2 aromatic rings. The Labute approximate surface area is 149 Å². The van der Waals surface area contributed by atoms with Gasteiger partial charge >= 0.3 is 6.03 Å². The van der Waals surface area contributed by atoms with Gasteiger partial charge in [-0.3, -0.25) is 0 Å². The number of ether oxygens (including phenoxy) is 2. The van der Waals surface area contributed by atoms with E-state index in [9.17, 15) is 4.79 Å². The highest BCUT2D eigenvalue weighted by molar-refractivity contribution is 5.73. The molecule has 0 aromatic heterocycles. The van der Waals surface area contributed by atoms with Gasteiger partial charge in [0, 0.05) is 6.54 Å². The standard InChI is InChI=1S/C20H26N2O3/c1-14-11-16(3)19(12-15(14)2)25-10-9-21-20(23)22-13-17-5-7-18(24-4)8-6-17/h5-8,11-12H,9-10,13H2,1-4H3,(H2,21,22,23). The van der Waals surface area contributed by atoms with Crippen molar-refractivity contribution in [2.24, 2.45) is 0 Å². The molecular weight excluding hydrogens is 316 g/mol. The number of hydrogen-bond donors (Lipinski definition) is 2. The minimum Gasteiger partial charge on any atom is -0.497 e. The van der Waals surface area contributed by atoms with Crippen molar-refractivity contribution in [2.45, 2.75) is 27.3 Å². The number of benzene rings is 2. The summed E-state index contributed by atoms with van der Waals surface area (Å²) >= 11 is 0. The van der Waals surface area contributed by atoms with E-state index < -0.39 is 0 Å². The van der Waals surface area contributed by atoms with Crippen LogP contribution in [0.2, 0.25) is 0 Å². The van der Waals surface area contributed by atoms with E-state index in [-0.39, 0.29) is 6.03 Å². The van der Waals surface area contributed by atoms with Gasteiger partial charge in [0.1, 0.15) is 18.1 Å². The van der Waals surface area contributed by atoms with Crippen molar-refractivity contribution in [3.05, 3.63) is 58.7 Å². The number of carbonyl (C=O) groups excluding carboxylic acids is 1. The minimum absolute atomic E-state index is 0.212. The molecule has 0 fully saturated rings. The Bertz CT molecular complexity index is 712. The summed E-state index contributed by atoms with van der Waals surface area (Å²) in [5, 5.41) is 5.61. The van der Waals surface area contributed by atoms with Crippen molar-refractivity contribution >= 4 is 6.03 Å². The third-order valence-corrected chi connectivity index (χ3v) is 4.05. The van der Waals surface area contributed by atoms with Gasteiger partial charge in [-0.25, -0.2) is 4.79 Å². The average Bonchev–Trinajstić information content (AvgIpc) is 2.61. The van der Waals surface area contributed by atoms with Crippen LogP contribution in [0.25, 0.3) is 0 Å². The molecule has 0 aliphatic carbocycles. The van der Waals surface area contributed by atoms with Crippen LogP contribution in [0.1, 0.15) is 22.3 Å². The number of urea groups is 1. The molecule has 2 aromatic carbocycles. The van der Waals surface area contributed by atoms with E-state index in [1.165, 1.54) is 11.1 Å². The summed E-state index contributed by atoms with van der Waals surface area (Å²) in [5.74, 6) is 1.66. The van der Waals surface area contributed by atoms with Crippen LogP contribution in [0.5, 0.6) is 11.5 Å². The molecule has 2 N–H and O–H groups in total. The van der Waals surface area contributed by atoms with Gasteiger partial charge in [-0.15, -0.1) is 0 Å². The first-order valence-corrected chi connectivity index (χ1v) is 8.35. The predicted molar refractivity (Wildman–Crippen MR) is 99.4 cm³/mol. The minimum atomic E-state index is -0.212. The van der Waals surface area contributed by atoms with Crippen LogP contribution in [-0.2, 0) is 6.54 Å². The van der Waals surface area contributed by atoms with Gasteiger partial charge in [-0.1, -0.05) is 18.2 Å². The Balaban J connectivity index is 1.69. The highest BCUT2D eigenvalue weighted by atomic mass is 16.5. The van der Waals surface area contributed by atoms with Gasteiger partial charge in [0.2, 0.25) is 0 Å². The molecule has 0 saturated heterocycles. The summed E-state index contributed by atoms with van der Waals surface area (Å²) in [7, 11) is 1.63. The monoisotopic (exact) mass is 342 g/mol. The van der Waals surface area contributed by atoms with Gasteiger partial charge in [0.15, 0.2) is 0 Å². The van der Waals surface area contributed by atoms with Crippen molar-refractivity contribution in [3.63, 3.8) is 0 Å². The van der Waals surface area contributed by atoms with Crippen LogP contribution >= 0.6 is 0 Å². The molecule has 5 heteroatoms. The Morgan fingerprint density at radius 3 is 2.32 bits per heavy atom. The Hall–Kier alpha value is -2.69. The van der Waals surface area contributed by atoms with Crippen molar-refractivity contribution in [2.75, 3.05) is 20.3 Å². The lowest BCUT2D eigenvalue weighted by Gasteiger charge is -2.12. The van der Waals surface area contributed by atoms with Crippen molar-refractivity contribution in [1.29, 1.82) is 0 Å². The summed E-state index contributed by atoms with van der Waals surface area (Å²) in [6, 6.07) is 11.5. The molecule has 25 heavy (non-hydrogen) atoms. The first-order chi connectivity index (χ1) is 12.0. The third kappa shape index (κ3) is 5.71. The maximum absolute atomic E-state index is 11.8. The molecular formula is C20H26N2O3. The summed E-state index contributed by atoms with van der Waals surface area (Å²) in [5.41, 5.74) is 4.57. The van der Waals surface area contributed by atoms with Gasteiger partial charge in [0.05, 0.1) is 13.7 Å². The van der Waals surface area contributed by atoms with Gasteiger partial charge in [-0.05, 0) is 61.2 Å². The number of methoxy groups -OCH3 is 1. The molecule has 0 bridgehead atoms. The fraction of sp³-hybridized carbons (Fsp3) is 0.350. The fourth-order valence-corrected chi connectivity index (χ4v) is 2.40. The summed E-state index contributed by atoms with van der Waals surface area (Å²) < 4.78 is 10.9. The first-order valence-electron chi connectivity index (χ1n) is 8.35. The molecule has 134 valence electrons. The second-order valence-electron chi connectivity index (χ2n) is 6.01. The smallest absolute Gasteiger partial charge is 0.315 e. The SMILES string of the molecule is COc1ccc(CNC(=O)NCCOc2cc(C)c(C)cc2C)cc1. The van der Waals surface area contributed by atoms with Crippen molar-refractivity contribution in [3.8, 4) is 11.5 Å². The zero-order valence-electron chi connectivity index (χ0n) is 15.3. The molecule has 0 heterocycles. The van der Waals surface area contributed by atoms with Crippen LogP contribution < -0.4 is 20.1 Å². The second-order valence-corrected chi connectivity index (χ2v) is 6.01. The number of carbonyl (C=O) groups is 1. The largest absolute Gasteiger partial charge is 0.497 e. The van der Waals surface area contributed by atoms with E-state index in [2.05, 4.69) is 30.5 Å². The highest BCUT2D eigenvalue weighted by Crippen LogP contribution is 2.22. The van der Waals surface area contributed by atoms with Crippen LogP contribution in [0.4, 0.5) is 4.79 Å². The molecule has 0 aliphatic heterocycles. The quantitative estimate of drug-likeness (QED) is 0.757. The lowest BCUT2D eigenvalue weighted by Crippen LogP contribution is -2.37. The van der Waals surface area contributed by atoms with Crippen molar-refractivity contribution < 1.29 is 14.3 Å². The first kappa shape index (κ1) is 18.6. The zero-order valence-corrected chi connectivity index (χ0v) is 15.3. The van der Waals surface area contributed by atoms with E-state index in [1.807, 2.05) is 37.3 Å². The number of hydrogen-bond acceptors (Lipinski definition) is 3. The lowest BCUT2D eigenvalue weighted by atomic mass is 10.1. The van der Waals surface area contributed by atoms with E-state index >= 15 is 0 Å². The molecule has 0 unspecified atom stereocenters. The number of aryl methyl sites for hydroxylation is 3. The molecule has 2 rings (SSSR count). The maximum Gasteiger partial charge on any atom is 0.315 e. The zero-order chi connectivity index (χ0) is 18.2. The molecule has 0 radical (unpaired) electrons. The van der Waals surface area contributed by atoms with Crippen LogP contribution in [-0.4, -0.2) is 26.3 Å². The number of nitrogens with one attached hydrogen (secondary N) is 2. The van der Waals surface area contributed by atoms with Gasteiger partial charge in [-0.2, -0.15) is 0 Å². The van der Waals surface area contributed by atoms with Crippen molar-refractivity contribution in [1.82, 2.24) is 10.6 Å². The average molecular weight is 342 g/mol. The third-order valence-electron chi connectivity index (χ3n) is 4.05. The summed E-state index contributed by atoms with van der Waals surface area (Å²) in [4.78, 5) is 11.8. The Morgan fingerprint density at radius 2 is 1.64 bits per heavy atom. The fourth-order valence-electron chi connectivity index (χ4n) is 2.40. The predicted octanol–water partition coefficient (Wildman–Crippen LogP) is 3.50. The number of rotatable bonds is 7. The van der Waals surface area contributed by atoms with Crippen LogP contribution in [0.3, 0.4) is 0 Å². The van der Waals surface area contributed by atoms with E-state index in [0.717, 1.165) is 22.6 Å². The van der Waals surface area contributed by atoms with E-state index in [1.54, 1.807) is 7.11 Å². The summed E-state index contributed by atoms with van der Waals surface area (Å²) in [6.07, 6.45) is 0. The molecule has 0 spiro atoms. The Kier molecular flexibility index (Phi) is 6.69. The molecule has 0 saturated carbocycles. The second kappa shape index (κ2) is 8.97. The molecule has 2 amide bonds.